The van der Waals surface area contributed by atoms with Crippen LogP contribution in [0.2, 0.25) is 0 Å². The van der Waals surface area contributed by atoms with E-state index in [1.54, 1.807) is 0 Å². The number of carbonyl (C=O) groups is 1. The number of para-hydroxylation sites is 1. The molecule has 2 aromatic carbocycles. The molecule has 1 amide bonds. The summed E-state index contributed by atoms with van der Waals surface area (Å²) in [5, 5.41) is 0.954. The first kappa shape index (κ1) is 21.2. The fraction of sp³-hybridized carbons (Fsp3) is 0.357. The summed E-state index contributed by atoms with van der Waals surface area (Å²) in [6.07, 6.45) is 5.89. The fourth-order valence-corrected chi connectivity index (χ4v) is 5.45. The number of ether oxygens (including phenoxy) is 2. The van der Waals surface area contributed by atoms with Crippen LogP contribution in [0.5, 0.6) is 11.5 Å². The van der Waals surface area contributed by atoms with Crippen molar-refractivity contribution in [3.8, 4) is 11.5 Å². The van der Waals surface area contributed by atoms with Crippen molar-refractivity contribution in [2.75, 3.05) is 34.0 Å². The smallest absolute Gasteiger partial charge is 0.254 e. The lowest BCUT2D eigenvalue weighted by molar-refractivity contribution is 0.0660. The molecule has 6 nitrogen and oxygen atoms in total. The molecule has 6 rings (SSSR count). The Labute approximate surface area is 199 Å². The number of aromatic nitrogens is 1. The Morgan fingerprint density at radius 2 is 1.88 bits per heavy atom. The molecule has 0 radical (unpaired) electrons. The van der Waals surface area contributed by atoms with Gasteiger partial charge in [-0.3, -0.25) is 4.79 Å². The first-order valence-electron chi connectivity index (χ1n) is 12.1. The number of pyridine rings is 1. The lowest BCUT2D eigenvalue weighted by atomic mass is 9.97. The minimum Gasteiger partial charge on any atom is -0.454 e. The van der Waals surface area contributed by atoms with Crippen LogP contribution in [0.3, 0.4) is 0 Å². The lowest BCUT2D eigenvalue weighted by Gasteiger charge is -2.35. The number of amides is 1. The minimum atomic E-state index is 0.119. The van der Waals surface area contributed by atoms with Crippen molar-refractivity contribution < 1.29 is 14.3 Å². The number of hydrogen-bond donors (Lipinski definition) is 0. The van der Waals surface area contributed by atoms with Crippen LogP contribution < -0.4 is 9.47 Å². The molecule has 6 heteroatoms. The molecule has 1 aromatic heterocycles. The van der Waals surface area contributed by atoms with Gasteiger partial charge in [-0.15, -0.1) is 0 Å². The SMILES string of the molecule is CN1CCC(N(C)C(=O)c2c3c(nc4ccccc24)/C(=C\c2ccc4c(c2)OCO4)CC3)CC1. The molecule has 0 bridgehead atoms. The van der Waals surface area contributed by atoms with E-state index in [1.165, 1.54) is 0 Å². The molecular weight excluding hydrogens is 426 g/mol. The van der Waals surface area contributed by atoms with E-state index in [1.807, 2.05) is 54.4 Å². The number of fused-ring (bicyclic) bond motifs is 3. The fourth-order valence-electron chi connectivity index (χ4n) is 5.45. The first-order valence-corrected chi connectivity index (χ1v) is 12.1. The third-order valence-corrected chi connectivity index (χ3v) is 7.45. The van der Waals surface area contributed by atoms with Gasteiger partial charge < -0.3 is 19.3 Å². The molecule has 0 unspecified atom stereocenters. The van der Waals surface area contributed by atoms with Crippen LogP contribution >= 0.6 is 0 Å². The highest BCUT2D eigenvalue weighted by Crippen LogP contribution is 2.39. The molecule has 3 aromatic rings. The maximum atomic E-state index is 13.9. The van der Waals surface area contributed by atoms with Gasteiger partial charge in [0.2, 0.25) is 6.79 Å². The van der Waals surface area contributed by atoms with Gasteiger partial charge in [0.1, 0.15) is 0 Å². The first-order chi connectivity index (χ1) is 16.6. The Morgan fingerprint density at radius 3 is 2.74 bits per heavy atom. The maximum Gasteiger partial charge on any atom is 0.254 e. The molecule has 34 heavy (non-hydrogen) atoms. The Bertz CT molecular complexity index is 1310. The van der Waals surface area contributed by atoms with Gasteiger partial charge in [0.25, 0.3) is 5.91 Å². The van der Waals surface area contributed by atoms with Crippen LogP contribution in [0.15, 0.2) is 42.5 Å². The maximum absolute atomic E-state index is 13.9. The molecular formula is C28H29N3O3. The van der Waals surface area contributed by atoms with Crippen LogP contribution in [0.25, 0.3) is 22.6 Å². The van der Waals surface area contributed by atoms with E-state index in [0.717, 1.165) is 89.1 Å². The molecule has 0 N–H and O–H groups in total. The summed E-state index contributed by atoms with van der Waals surface area (Å²) in [4.78, 5) is 23.3. The average molecular weight is 456 g/mol. The molecule has 3 aliphatic rings. The Morgan fingerprint density at radius 1 is 1.09 bits per heavy atom. The Balaban J connectivity index is 1.41. The van der Waals surface area contributed by atoms with E-state index in [0.29, 0.717) is 0 Å². The van der Waals surface area contributed by atoms with Crippen LogP contribution in [-0.2, 0) is 6.42 Å². The Hall–Kier alpha value is -3.38. The number of hydrogen-bond acceptors (Lipinski definition) is 5. The largest absolute Gasteiger partial charge is 0.454 e. The quantitative estimate of drug-likeness (QED) is 0.577. The van der Waals surface area contributed by atoms with Gasteiger partial charge in [0.15, 0.2) is 11.5 Å². The van der Waals surface area contributed by atoms with Gasteiger partial charge >= 0.3 is 0 Å². The van der Waals surface area contributed by atoms with Crippen molar-refractivity contribution in [2.24, 2.45) is 0 Å². The van der Waals surface area contributed by atoms with Crippen molar-refractivity contribution in [3.05, 3.63) is 64.8 Å². The third kappa shape index (κ3) is 3.62. The van der Waals surface area contributed by atoms with E-state index < -0.39 is 0 Å². The molecule has 1 fully saturated rings. The molecule has 174 valence electrons. The summed E-state index contributed by atoms with van der Waals surface area (Å²) in [6, 6.07) is 14.3. The summed E-state index contributed by atoms with van der Waals surface area (Å²) < 4.78 is 11.0. The number of allylic oxidation sites excluding steroid dienone is 1. The molecule has 2 aliphatic heterocycles. The molecule has 0 spiro atoms. The van der Waals surface area contributed by atoms with E-state index in [-0.39, 0.29) is 18.7 Å². The van der Waals surface area contributed by atoms with Gasteiger partial charge in [-0.1, -0.05) is 24.3 Å². The van der Waals surface area contributed by atoms with Crippen LogP contribution in [0.4, 0.5) is 0 Å². The highest BCUT2D eigenvalue weighted by atomic mass is 16.7. The van der Waals surface area contributed by atoms with Gasteiger partial charge in [-0.2, -0.15) is 0 Å². The van der Waals surface area contributed by atoms with Crippen molar-refractivity contribution in [1.82, 2.24) is 14.8 Å². The number of nitrogens with zero attached hydrogens (tertiary/aromatic N) is 3. The van der Waals surface area contributed by atoms with E-state index in [4.69, 9.17) is 14.5 Å². The van der Waals surface area contributed by atoms with Crippen LogP contribution in [-0.4, -0.2) is 60.7 Å². The predicted molar refractivity (Wildman–Crippen MR) is 133 cm³/mol. The van der Waals surface area contributed by atoms with Crippen LogP contribution in [0, 0.1) is 0 Å². The molecule has 0 saturated carbocycles. The van der Waals surface area contributed by atoms with Crippen molar-refractivity contribution in [2.45, 2.75) is 31.7 Å². The topological polar surface area (TPSA) is 54.9 Å². The van der Waals surface area contributed by atoms with E-state index in [9.17, 15) is 4.79 Å². The van der Waals surface area contributed by atoms with E-state index >= 15 is 0 Å². The molecule has 0 atom stereocenters. The predicted octanol–water partition coefficient (Wildman–Crippen LogP) is 4.62. The Kier molecular flexibility index (Phi) is 5.26. The van der Waals surface area contributed by atoms with Crippen molar-refractivity contribution in [1.29, 1.82) is 0 Å². The summed E-state index contributed by atoms with van der Waals surface area (Å²) in [6.45, 7) is 2.32. The minimum absolute atomic E-state index is 0.119. The summed E-state index contributed by atoms with van der Waals surface area (Å²) in [5.41, 5.74) is 5.96. The highest BCUT2D eigenvalue weighted by molar-refractivity contribution is 6.09. The number of piperidine rings is 1. The highest BCUT2D eigenvalue weighted by Gasteiger charge is 2.31. The number of rotatable bonds is 3. The number of carbonyl (C=O) groups excluding carboxylic acids is 1. The summed E-state index contributed by atoms with van der Waals surface area (Å²) in [5.74, 6) is 1.67. The van der Waals surface area contributed by atoms with Crippen molar-refractivity contribution in [3.63, 3.8) is 0 Å². The second kappa shape index (κ2) is 8.44. The van der Waals surface area contributed by atoms with Gasteiger partial charge in [-0.05, 0) is 86.8 Å². The number of likely N-dealkylation sites (tertiary alicyclic amines) is 1. The standard InChI is InChI=1S/C28H29N3O3/c1-30-13-11-20(12-14-30)31(2)28(32)26-21-5-3-4-6-23(21)29-27-19(8-9-22(26)27)15-18-7-10-24-25(16-18)34-17-33-24/h3-7,10,15-16,20H,8-9,11-14,17H2,1-2H3/b19-15-. The van der Waals surface area contributed by atoms with Gasteiger partial charge in [0, 0.05) is 18.5 Å². The van der Waals surface area contributed by atoms with Crippen molar-refractivity contribution >= 4 is 28.5 Å². The van der Waals surface area contributed by atoms with Gasteiger partial charge in [0.05, 0.1) is 16.8 Å². The number of benzene rings is 2. The van der Waals surface area contributed by atoms with E-state index in [2.05, 4.69) is 18.0 Å². The monoisotopic (exact) mass is 455 g/mol. The molecule has 1 aliphatic carbocycles. The summed E-state index contributed by atoms with van der Waals surface area (Å²) in [7, 11) is 4.12. The normalized spacial score (nSPS) is 19.1. The molecule has 1 saturated heterocycles. The van der Waals surface area contributed by atoms with Gasteiger partial charge in [-0.25, -0.2) is 4.98 Å². The van der Waals surface area contributed by atoms with Crippen LogP contribution in [0.1, 0.15) is 46.4 Å². The second-order valence-corrected chi connectivity index (χ2v) is 9.56. The summed E-state index contributed by atoms with van der Waals surface area (Å²) >= 11 is 0. The average Bonchev–Trinajstić information content (AvgIpc) is 3.49. The zero-order chi connectivity index (χ0) is 23.2. The molecule has 3 heterocycles. The lowest BCUT2D eigenvalue weighted by Crippen LogP contribution is -2.44. The second-order valence-electron chi connectivity index (χ2n) is 9.56. The zero-order valence-corrected chi connectivity index (χ0v) is 19.7. The third-order valence-electron chi connectivity index (χ3n) is 7.45. The zero-order valence-electron chi connectivity index (χ0n) is 19.7.